The Morgan fingerprint density at radius 1 is 1.22 bits per heavy atom. The van der Waals surface area contributed by atoms with Crippen molar-refractivity contribution in [2.75, 3.05) is 31.5 Å². The van der Waals surface area contributed by atoms with E-state index < -0.39 is 0 Å². The van der Waals surface area contributed by atoms with Crippen LogP contribution in [0.4, 0.5) is 5.69 Å². The summed E-state index contributed by atoms with van der Waals surface area (Å²) >= 11 is 0. The van der Waals surface area contributed by atoms with E-state index in [4.69, 9.17) is 0 Å². The number of hydrogen-bond acceptors (Lipinski definition) is 3. The van der Waals surface area contributed by atoms with Crippen LogP contribution < -0.4 is 5.32 Å². The van der Waals surface area contributed by atoms with E-state index in [2.05, 4.69) is 50.0 Å². The van der Waals surface area contributed by atoms with E-state index in [1.165, 1.54) is 11.1 Å². The number of nitrogens with one attached hydrogen (secondary N) is 1. The quantitative estimate of drug-likeness (QED) is 0.780. The van der Waals surface area contributed by atoms with Crippen LogP contribution in [0.1, 0.15) is 25.0 Å². The van der Waals surface area contributed by atoms with E-state index in [0.717, 1.165) is 25.3 Å². The normalized spacial score (nSPS) is 12.8. The van der Waals surface area contributed by atoms with Gasteiger partial charge in [0, 0.05) is 18.8 Å². The summed E-state index contributed by atoms with van der Waals surface area (Å²) in [4.78, 5) is 2.23. The van der Waals surface area contributed by atoms with Crippen LogP contribution in [-0.4, -0.2) is 42.3 Å². The minimum absolute atomic E-state index is 0.329. The lowest BCUT2D eigenvalue weighted by atomic mass is 10.1. The number of rotatable bonds is 7. The van der Waals surface area contributed by atoms with Gasteiger partial charge in [-0.15, -0.1) is 0 Å². The number of aliphatic hydroxyl groups excluding tert-OH is 1. The number of benzene rings is 1. The molecule has 1 atom stereocenters. The highest BCUT2D eigenvalue weighted by atomic mass is 16.3. The van der Waals surface area contributed by atoms with Gasteiger partial charge in [-0.1, -0.05) is 26.0 Å². The van der Waals surface area contributed by atoms with Crippen molar-refractivity contribution in [3.63, 3.8) is 0 Å². The Balaban J connectivity index is 2.47. The minimum Gasteiger partial charge on any atom is -0.390 e. The van der Waals surface area contributed by atoms with E-state index in [1.54, 1.807) is 0 Å². The van der Waals surface area contributed by atoms with Crippen molar-refractivity contribution in [1.29, 1.82) is 0 Å². The van der Waals surface area contributed by atoms with Crippen LogP contribution in [0.5, 0.6) is 0 Å². The third kappa shape index (κ3) is 4.31. The molecule has 0 heterocycles. The molecule has 0 aliphatic heterocycles. The van der Waals surface area contributed by atoms with Crippen molar-refractivity contribution in [3.05, 3.63) is 29.3 Å². The minimum atomic E-state index is -0.329. The molecular formula is C15H26N2O. The summed E-state index contributed by atoms with van der Waals surface area (Å²) < 4.78 is 0. The fraction of sp³-hybridized carbons (Fsp3) is 0.600. The van der Waals surface area contributed by atoms with Crippen molar-refractivity contribution in [2.45, 2.75) is 33.8 Å². The van der Waals surface area contributed by atoms with Crippen molar-refractivity contribution < 1.29 is 5.11 Å². The zero-order valence-electron chi connectivity index (χ0n) is 12.0. The fourth-order valence-electron chi connectivity index (χ4n) is 2.01. The Labute approximate surface area is 111 Å². The van der Waals surface area contributed by atoms with Gasteiger partial charge in [-0.05, 0) is 44.1 Å². The number of aryl methyl sites for hydroxylation is 1. The van der Waals surface area contributed by atoms with Gasteiger partial charge in [-0.3, -0.25) is 0 Å². The molecule has 1 aromatic carbocycles. The van der Waals surface area contributed by atoms with Crippen LogP contribution in [0.2, 0.25) is 0 Å². The molecule has 1 aromatic rings. The molecule has 0 aliphatic carbocycles. The van der Waals surface area contributed by atoms with Crippen molar-refractivity contribution in [1.82, 2.24) is 4.90 Å². The predicted octanol–water partition coefficient (Wildman–Crippen LogP) is 2.42. The second-order valence-corrected chi connectivity index (χ2v) is 4.77. The van der Waals surface area contributed by atoms with Crippen molar-refractivity contribution in [2.24, 2.45) is 0 Å². The van der Waals surface area contributed by atoms with Crippen LogP contribution in [0.3, 0.4) is 0 Å². The van der Waals surface area contributed by atoms with E-state index >= 15 is 0 Å². The monoisotopic (exact) mass is 250 g/mol. The SMILES string of the molecule is CCN(CC)CC(O)CNc1cccc(C)c1C. The number of hydrogen-bond donors (Lipinski definition) is 2. The predicted molar refractivity (Wildman–Crippen MR) is 78.2 cm³/mol. The maximum atomic E-state index is 10.00. The summed E-state index contributed by atoms with van der Waals surface area (Å²) in [5.74, 6) is 0. The highest BCUT2D eigenvalue weighted by Crippen LogP contribution is 2.17. The zero-order chi connectivity index (χ0) is 13.5. The summed E-state index contributed by atoms with van der Waals surface area (Å²) in [6.45, 7) is 11.7. The largest absolute Gasteiger partial charge is 0.390 e. The van der Waals surface area contributed by atoms with Gasteiger partial charge in [0.05, 0.1) is 6.10 Å². The average Bonchev–Trinajstić information content (AvgIpc) is 2.37. The van der Waals surface area contributed by atoms with Gasteiger partial charge < -0.3 is 15.3 Å². The Hall–Kier alpha value is -1.06. The third-order valence-electron chi connectivity index (χ3n) is 3.50. The zero-order valence-corrected chi connectivity index (χ0v) is 12.0. The van der Waals surface area contributed by atoms with Crippen LogP contribution >= 0.6 is 0 Å². The summed E-state index contributed by atoms with van der Waals surface area (Å²) in [5, 5.41) is 13.3. The molecule has 3 heteroatoms. The van der Waals surface area contributed by atoms with Crippen LogP contribution in [0.25, 0.3) is 0 Å². The van der Waals surface area contributed by atoms with Gasteiger partial charge in [0.1, 0.15) is 0 Å². The summed E-state index contributed by atoms with van der Waals surface area (Å²) in [5.41, 5.74) is 3.65. The molecular weight excluding hydrogens is 224 g/mol. The molecule has 0 saturated carbocycles. The number of nitrogens with zero attached hydrogens (tertiary/aromatic N) is 1. The van der Waals surface area contributed by atoms with E-state index in [-0.39, 0.29) is 6.10 Å². The maximum absolute atomic E-state index is 10.00. The molecule has 0 fully saturated rings. The summed E-state index contributed by atoms with van der Waals surface area (Å²) in [6, 6.07) is 6.21. The molecule has 1 rings (SSSR count). The van der Waals surface area contributed by atoms with E-state index in [1.807, 2.05) is 6.07 Å². The lowest BCUT2D eigenvalue weighted by Gasteiger charge is -2.22. The Morgan fingerprint density at radius 2 is 1.89 bits per heavy atom. The van der Waals surface area contributed by atoms with Crippen LogP contribution in [-0.2, 0) is 0 Å². The van der Waals surface area contributed by atoms with Gasteiger partial charge in [0.25, 0.3) is 0 Å². The standard InChI is InChI=1S/C15H26N2O/c1-5-17(6-2)11-14(18)10-16-15-9-7-8-12(3)13(15)4/h7-9,14,16,18H,5-6,10-11H2,1-4H3. The lowest BCUT2D eigenvalue weighted by molar-refractivity contribution is 0.128. The molecule has 0 saturated heterocycles. The maximum Gasteiger partial charge on any atom is 0.0839 e. The summed E-state index contributed by atoms with van der Waals surface area (Å²) in [7, 11) is 0. The Bertz CT molecular complexity index is 362. The molecule has 0 spiro atoms. The molecule has 1 unspecified atom stereocenters. The molecule has 3 nitrogen and oxygen atoms in total. The van der Waals surface area contributed by atoms with Crippen molar-refractivity contribution >= 4 is 5.69 Å². The molecule has 0 bridgehead atoms. The second kappa shape index (κ2) is 7.39. The van der Waals surface area contributed by atoms with E-state index in [0.29, 0.717) is 6.54 Å². The highest BCUT2D eigenvalue weighted by Gasteiger charge is 2.09. The first-order valence-corrected chi connectivity index (χ1v) is 6.79. The van der Waals surface area contributed by atoms with Gasteiger partial charge in [-0.2, -0.15) is 0 Å². The molecule has 0 radical (unpaired) electrons. The Morgan fingerprint density at radius 3 is 2.50 bits per heavy atom. The lowest BCUT2D eigenvalue weighted by Crippen LogP contribution is -2.36. The second-order valence-electron chi connectivity index (χ2n) is 4.77. The van der Waals surface area contributed by atoms with Gasteiger partial charge >= 0.3 is 0 Å². The molecule has 102 valence electrons. The first-order chi connectivity index (χ1) is 8.58. The molecule has 0 aliphatic rings. The summed E-state index contributed by atoms with van der Waals surface area (Å²) in [6.07, 6.45) is -0.329. The van der Waals surface area contributed by atoms with Crippen LogP contribution in [0, 0.1) is 13.8 Å². The first kappa shape index (κ1) is 15.0. The molecule has 18 heavy (non-hydrogen) atoms. The van der Waals surface area contributed by atoms with Crippen LogP contribution in [0.15, 0.2) is 18.2 Å². The molecule has 0 aromatic heterocycles. The molecule has 0 amide bonds. The number of aliphatic hydroxyl groups is 1. The van der Waals surface area contributed by atoms with E-state index in [9.17, 15) is 5.11 Å². The third-order valence-corrected chi connectivity index (χ3v) is 3.50. The van der Waals surface area contributed by atoms with Crippen molar-refractivity contribution in [3.8, 4) is 0 Å². The smallest absolute Gasteiger partial charge is 0.0839 e. The number of likely N-dealkylation sites (N-methyl/N-ethyl adjacent to an activating group) is 1. The van der Waals surface area contributed by atoms with Gasteiger partial charge in [0.2, 0.25) is 0 Å². The average molecular weight is 250 g/mol. The molecule has 2 N–H and O–H groups in total. The van der Waals surface area contributed by atoms with Gasteiger partial charge in [0.15, 0.2) is 0 Å². The van der Waals surface area contributed by atoms with Gasteiger partial charge in [-0.25, -0.2) is 0 Å². The Kier molecular flexibility index (Phi) is 6.16. The first-order valence-electron chi connectivity index (χ1n) is 6.79. The topological polar surface area (TPSA) is 35.5 Å². The highest BCUT2D eigenvalue weighted by molar-refractivity contribution is 5.53. The fourth-order valence-corrected chi connectivity index (χ4v) is 2.01. The number of anilines is 1.